The number of carbonyl (C=O) groups is 1. The molecule has 0 aliphatic rings. The van der Waals surface area contributed by atoms with Crippen molar-refractivity contribution in [2.75, 3.05) is 7.11 Å². The molecule has 0 N–H and O–H groups in total. The first-order valence-corrected chi connectivity index (χ1v) is 13.0. The first-order valence-electron chi connectivity index (χ1n) is 11.6. The molecule has 0 bridgehead atoms. The molecule has 0 atom stereocenters. The van der Waals surface area contributed by atoms with Gasteiger partial charge in [-0.1, -0.05) is 71.9 Å². The summed E-state index contributed by atoms with van der Waals surface area (Å²) in [6, 6.07) is 11.6. The molecule has 0 spiro atoms. The third-order valence-corrected chi connectivity index (χ3v) is 7.99. The fourth-order valence-corrected chi connectivity index (χ4v) is 6.31. The molecule has 0 aliphatic heterocycles. The number of benzene rings is 2. The molecule has 3 rings (SSSR count). The van der Waals surface area contributed by atoms with Crippen LogP contribution in [0.1, 0.15) is 88.0 Å². The zero-order valence-electron chi connectivity index (χ0n) is 20.7. The van der Waals surface area contributed by atoms with Crippen LogP contribution in [0.5, 0.6) is 0 Å². The van der Waals surface area contributed by atoms with Gasteiger partial charge in [-0.15, -0.1) is 0 Å². The third kappa shape index (κ3) is 4.86. The number of nitrogens with zero attached hydrogens (tertiary/aromatic N) is 1. The van der Waals surface area contributed by atoms with Crippen LogP contribution in [0, 0.1) is 0 Å². The maximum Gasteiger partial charge on any atom is 0.305 e. The Labute approximate surface area is 197 Å². The van der Waals surface area contributed by atoms with Gasteiger partial charge >= 0.3 is 5.97 Å². The molecule has 0 saturated heterocycles. The normalized spacial score (nSPS) is 12.3. The van der Waals surface area contributed by atoms with Crippen LogP contribution < -0.4 is 0 Å². The Hall–Kier alpha value is -2.60. The predicted octanol–water partition coefficient (Wildman–Crippen LogP) is 6.35. The van der Waals surface area contributed by atoms with Gasteiger partial charge in [0.25, 0.3) is 10.0 Å². The molecule has 1 aromatic heterocycles. The van der Waals surface area contributed by atoms with E-state index in [1.165, 1.54) is 11.1 Å². The van der Waals surface area contributed by atoms with Gasteiger partial charge in [-0.3, -0.25) is 4.79 Å². The summed E-state index contributed by atoms with van der Waals surface area (Å²) in [4.78, 5) is 12.1. The Kier molecular flexibility index (Phi) is 7.37. The predicted molar refractivity (Wildman–Crippen MR) is 134 cm³/mol. The number of aromatic nitrogens is 1. The summed E-state index contributed by atoms with van der Waals surface area (Å²) in [5, 5.41) is 0.834. The van der Waals surface area contributed by atoms with E-state index in [0.29, 0.717) is 22.8 Å². The van der Waals surface area contributed by atoms with Gasteiger partial charge in [-0.25, -0.2) is 12.4 Å². The maximum absolute atomic E-state index is 14.3. The second kappa shape index (κ2) is 9.72. The number of hydrogen-bond donors (Lipinski definition) is 0. The topological polar surface area (TPSA) is 65.4 Å². The molecule has 33 heavy (non-hydrogen) atoms. The zero-order valence-corrected chi connectivity index (χ0v) is 21.5. The number of para-hydroxylation sites is 1. The standard InChI is InChI=1S/C27H35NO4S/c1-17(2)21-14-23(18(3)4)27(24(15-21)19(5)6)33(30,31)28-16-20(12-13-26(29)32-7)22-10-8-9-11-25(22)28/h8-11,14-19H,12-13H2,1-7H3. The van der Waals surface area contributed by atoms with E-state index < -0.39 is 10.0 Å². The third-order valence-electron chi connectivity index (χ3n) is 6.18. The highest BCUT2D eigenvalue weighted by molar-refractivity contribution is 7.90. The Balaban J connectivity index is 2.30. The molecule has 2 aromatic carbocycles. The van der Waals surface area contributed by atoms with Crippen molar-refractivity contribution in [3.05, 3.63) is 64.8 Å². The molecule has 0 unspecified atom stereocenters. The van der Waals surface area contributed by atoms with E-state index in [1.807, 2.05) is 52.0 Å². The van der Waals surface area contributed by atoms with Crippen molar-refractivity contribution in [1.29, 1.82) is 0 Å². The molecule has 5 nitrogen and oxygen atoms in total. The van der Waals surface area contributed by atoms with Gasteiger partial charge in [0.05, 0.1) is 17.5 Å². The molecule has 3 aromatic rings. The lowest BCUT2D eigenvalue weighted by Gasteiger charge is -2.23. The van der Waals surface area contributed by atoms with Gasteiger partial charge in [-0.2, -0.15) is 0 Å². The van der Waals surface area contributed by atoms with Crippen LogP contribution in [0.2, 0.25) is 0 Å². The minimum Gasteiger partial charge on any atom is -0.469 e. The molecule has 0 radical (unpaired) electrons. The van der Waals surface area contributed by atoms with Gasteiger partial charge in [0.2, 0.25) is 0 Å². The van der Waals surface area contributed by atoms with Gasteiger partial charge in [0.1, 0.15) is 0 Å². The van der Waals surface area contributed by atoms with Gasteiger partial charge in [0, 0.05) is 18.0 Å². The van der Waals surface area contributed by atoms with Crippen LogP contribution in [0.15, 0.2) is 47.5 Å². The number of ether oxygens (including phenoxy) is 1. The number of aryl methyl sites for hydroxylation is 1. The smallest absolute Gasteiger partial charge is 0.305 e. The highest BCUT2D eigenvalue weighted by Gasteiger charge is 2.30. The minimum atomic E-state index is -3.88. The van der Waals surface area contributed by atoms with Crippen LogP contribution in [0.25, 0.3) is 10.9 Å². The van der Waals surface area contributed by atoms with Gasteiger partial charge in [-0.05, 0) is 52.5 Å². The van der Waals surface area contributed by atoms with Crippen molar-refractivity contribution in [3.63, 3.8) is 0 Å². The van der Waals surface area contributed by atoms with Crippen molar-refractivity contribution in [2.45, 2.75) is 77.0 Å². The van der Waals surface area contributed by atoms with E-state index in [9.17, 15) is 13.2 Å². The van der Waals surface area contributed by atoms with Gasteiger partial charge in [0.15, 0.2) is 0 Å². The van der Waals surface area contributed by atoms with E-state index in [1.54, 1.807) is 6.20 Å². The van der Waals surface area contributed by atoms with Crippen molar-refractivity contribution >= 4 is 26.9 Å². The van der Waals surface area contributed by atoms with Crippen molar-refractivity contribution in [1.82, 2.24) is 3.97 Å². The van der Waals surface area contributed by atoms with Crippen molar-refractivity contribution < 1.29 is 17.9 Å². The zero-order chi connectivity index (χ0) is 24.5. The van der Waals surface area contributed by atoms with Crippen molar-refractivity contribution in [3.8, 4) is 0 Å². The average molecular weight is 470 g/mol. The van der Waals surface area contributed by atoms with E-state index in [0.717, 1.165) is 27.6 Å². The molecule has 0 fully saturated rings. The summed E-state index contributed by atoms with van der Waals surface area (Å²) in [6.45, 7) is 12.4. The summed E-state index contributed by atoms with van der Waals surface area (Å²) < 4.78 is 34.7. The largest absolute Gasteiger partial charge is 0.469 e. The minimum absolute atomic E-state index is 0.0478. The Morgan fingerprint density at radius 1 is 0.939 bits per heavy atom. The lowest BCUT2D eigenvalue weighted by molar-refractivity contribution is -0.140. The number of carbonyl (C=O) groups excluding carboxylic acids is 1. The Morgan fingerprint density at radius 3 is 2.03 bits per heavy atom. The number of rotatable bonds is 8. The summed E-state index contributed by atoms with van der Waals surface area (Å²) in [7, 11) is -2.52. The quantitative estimate of drug-likeness (QED) is 0.360. The monoisotopic (exact) mass is 469 g/mol. The van der Waals surface area contributed by atoms with Crippen LogP contribution in [0.3, 0.4) is 0 Å². The van der Waals surface area contributed by atoms with Gasteiger partial charge < -0.3 is 4.74 Å². The fourth-order valence-electron chi connectivity index (χ4n) is 4.24. The molecular weight excluding hydrogens is 434 g/mol. The average Bonchev–Trinajstić information content (AvgIpc) is 3.15. The number of fused-ring (bicyclic) bond motifs is 1. The molecular formula is C27H35NO4S. The second-order valence-electron chi connectivity index (χ2n) is 9.54. The van der Waals surface area contributed by atoms with E-state index in [2.05, 4.69) is 26.0 Å². The SMILES string of the molecule is COC(=O)CCc1cn(S(=O)(=O)c2c(C(C)C)cc(C(C)C)cc2C(C)C)c2ccccc12. The Morgan fingerprint density at radius 2 is 1.52 bits per heavy atom. The first kappa shape index (κ1) is 25.0. The molecule has 6 heteroatoms. The number of esters is 1. The molecule has 1 heterocycles. The van der Waals surface area contributed by atoms with Crippen molar-refractivity contribution in [2.24, 2.45) is 0 Å². The Bertz CT molecular complexity index is 1240. The van der Waals surface area contributed by atoms with E-state index in [-0.39, 0.29) is 24.2 Å². The van der Waals surface area contributed by atoms with E-state index >= 15 is 0 Å². The maximum atomic E-state index is 14.3. The molecule has 0 aliphatic carbocycles. The molecule has 0 amide bonds. The fraction of sp³-hybridized carbons (Fsp3) is 0.444. The number of methoxy groups -OCH3 is 1. The molecule has 178 valence electrons. The summed E-state index contributed by atoms with van der Waals surface area (Å²) in [6.07, 6.45) is 2.28. The van der Waals surface area contributed by atoms with E-state index in [4.69, 9.17) is 4.74 Å². The highest BCUT2D eigenvalue weighted by atomic mass is 32.2. The second-order valence-corrected chi connectivity index (χ2v) is 11.3. The van der Waals surface area contributed by atoms with Crippen LogP contribution >= 0.6 is 0 Å². The van der Waals surface area contributed by atoms with Crippen LogP contribution in [0.4, 0.5) is 0 Å². The summed E-state index contributed by atoms with van der Waals surface area (Å²) in [5.41, 5.74) is 4.28. The lowest BCUT2D eigenvalue weighted by Crippen LogP contribution is -2.18. The first-order chi connectivity index (χ1) is 15.5. The highest BCUT2D eigenvalue weighted by Crippen LogP contribution is 2.37. The summed E-state index contributed by atoms with van der Waals surface area (Å²) in [5.74, 6) is 0.0791. The van der Waals surface area contributed by atoms with Crippen LogP contribution in [-0.2, 0) is 26.0 Å². The lowest BCUT2D eigenvalue weighted by atomic mass is 9.89. The number of hydrogen-bond acceptors (Lipinski definition) is 4. The molecule has 0 saturated carbocycles. The summed E-state index contributed by atoms with van der Waals surface area (Å²) >= 11 is 0. The van der Waals surface area contributed by atoms with Crippen LogP contribution in [-0.4, -0.2) is 25.5 Å².